The number of rotatable bonds is 5. The minimum absolute atomic E-state index is 0.106. The number of carbonyl (C=O) groups is 3. The van der Waals surface area contributed by atoms with Crippen LogP contribution in [0.2, 0.25) is 5.02 Å². The summed E-state index contributed by atoms with van der Waals surface area (Å²) in [6.07, 6.45) is 0. The summed E-state index contributed by atoms with van der Waals surface area (Å²) >= 11 is 5.88. The van der Waals surface area contributed by atoms with Crippen molar-refractivity contribution >= 4 is 35.1 Å². The van der Waals surface area contributed by atoms with Gasteiger partial charge in [0, 0.05) is 11.6 Å². The van der Waals surface area contributed by atoms with Gasteiger partial charge in [-0.25, -0.2) is 0 Å². The first-order valence-electron chi connectivity index (χ1n) is 5.91. The summed E-state index contributed by atoms with van der Waals surface area (Å²) < 4.78 is 0. The summed E-state index contributed by atoms with van der Waals surface area (Å²) in [4.78, 5) is 33.7. The van der Waals surface area contributed by atoms with Gasteiger partial charge in [0.05, 0.1) is 10.6 Å². The molecule has 1 rings (SSSR count). The lowest BCUT2D eigenvalue weighted by molar-refractivity contribution is -0.135. The number of nitrogens with one attached hydrogen (secondary N) is 2. The SMILES string of the molecule is CC(C)C(=O)Nc1ccc(Cl)c(C(=O)NCC(=O)O)c1. The Kier molecular flexibility index (Phi) is 5.52. The lowest BCUT2D eigenvalue weighted by Gasteiger charge is -2.10. The minimum atomic E-state index is -1.15. The first-order chi connectivity index (χ1) is 9.31. The van der Waals surface area contributed by atoms with E-state index in [4.69, 9.17) is 16.7 Å². The van der Waals surface area contributed by atoms with E-state index >= 15 is 0 Å². The summed E-state index contributed by atoms with van der Waals surface area (Å²) in [5, 5.41) is 13.5. The van der Waals surface area contributed by atoms with Crippen molar-refractivity contribution in [1.82, 2.24) is 5.32 Å². The van der Waals surface area contributed by atoms with Crippen molar-refractivity contribution in [1.29, 1.82) is 0 Å². The summed E-state index contributed by atoms with van der Waals surface area (Å²) in [6, 6.07) is 4.43. The molecule has 0 saturated heterocycles. The minimum Gasteiger partial charge on any atom is -0.480 e. The predicted molar refractivity (Wildman–Crippen MR) is 74.9 cm³/mol. The van der Waals surface area contributed by atoms with Crippen LogP contribution in [0.15, 0.2) is 18.2 Å². The quantitative estimate of drug-likeness (QED) is 0.771. The smallest absolute Gasteiger partial charge is 0.322 e. The lowest BCUT2D eigenvalue weighted by Crippen LogP contribution is -2.29. The summed E-state index contributed by atoms with van der Waals surface area (Å²) in [5.74, 6) is -2.16. The number of anilines is 1. The van der Waals surface area contributed by atoms with Gasteiger partial charge in [0.2, 0.25) is 5.91 Å². The Labute approximate surface area is 121 Å². The zero-order chi connectivity index (χ0) is 15.3. The Balaban J connectivity index is 2.88. The van der Waals surface area contributed by atoms with Crippen LogP contribution in [0.25, 0.3) is 0 Å². The number of carboxylic acid groups (broad SMARTS) is 1. The molecule has 108 valence electrons. The molecule has 7 heteroatoms. The van der Waals surface area contributed by atoms with Crippen LogP contribution in [0.5, 0.6) is 0 Å². The van der Waals surface area contributed by atoms with Crippen LogP contribution in [0.3, 0.4) is 0 Å². The van der Waals surface area contributed by atoms with Crippen LogP contribution in [0, 0.1) is 5.92 Å². The number of amides is 2. The molecule has 0 heterocycles. The molecular formula is C13H15ClN2O4. The molecule has 0 radical (unpaired) electrons. The molecule has 20 heavy (non-hydrogen) atoms. The number of benzene rings is 1. The lowest BCUT2D eigenvalue weighted by atomic mass is 10.1. The van der Waals surface area contributed by atoms with E-state index in [-0.39, 0.29) is 22.4 Å². The topological polar surface area (TPSA) is 95.5 Å². The Bertz CT molecular complexity index is 543. The maximum Gasteiger partial charge on any atom is 0.322 e. The van der Waals surface area contributed by atoms with Gasteiger partial charge in [0.15, 0.2) is 0 Å². The fourth-order valence-electron chi connectivity index (χ4n) is 1.31. The number of hydrogen-bond acceptors (Lipinski definition) is 3. The molecule has 0 bridgehead atoms. The van der Waals surface area contributed by atoms with Gasteiger partial charge in [0.25, 0.3) is 5.91 Å². The Hall–Kier alpha value is -2.08. The second-order valence-corrected chi connectivity index (χ2v) is 4.82. The average molecular weight is 299 g/mol. The van der Waals surface area contributed by atoms with Crippen molar-refractivity contribution in [3.05, 3.63) is 28.8 Å². The number of carbonyl (C=O) groups excluding carboxylic acids is 2. The van der Waals surface area contributed by atoms with Gasteiger partial charge in [0.1, 0.15) is 6.54 Å². The largest absolute Gasteiger partial charge is 0.480 e. The van der Waals surface area contributed by atoms with E-state index in [1.165, 1.54) is 12.1 Å². The first kappa shape index (κ1) is 16.0. The van der Waals surface area contributed by atoms with Crippen molar-refractivity contribution in [3.63, 3.8) is 0 Å². The highest BCUT2D eigenvalue weighted by Gasteiger charge is 2.14. The van der Waals surface area contributed by atoms with E-state index in [9.17, 15) is 14.4 Å². The fraction of sp³-hybridized carbons (Fsp3) is 0.308. The van der Waals surface area contributed by atoms with Crippen LogP contribution >= 0.6 is 11.6 Å². The molecule has 0 aromatic heterocycles. The predicted octanol–water partition coefficient (Wildman–Crippen LogP) is 1.75. The second-order valence-electron chi connectivity index (χ2n) is 4.41. The van der Waals surface area contributed by atoms with Crippen molar-refractivity contribution < 1.29 is 19.5 Å². The molecule has 3 N–H and O–H groups in total. The van der Waals surface area contributed by atoms with Gasteiger partial charge in [-0.2, -0.15) is 0 Å². The van der Waals surface area contributed by atoms with Crippen molar-refractivity contribution in [2.75, 3.05) is 11.9 Å². The normalized spacial score (nSPS) is 10.2. The monoisotopic (exact) mass is 298 g/mol. The van der Waals surface area contributed by atoms with E-state index < -0.39 is 18.4 Å². The summed E-state index contributed by atoms with van der Waals surface area (Å²) in [5.41, 5.74) is 0.531. The standard InChI is InChI=1S/C13H15ClN2O4/c1-7(2)12(19)16-8-3-4-10(14)9(5-8)13(20)15-6-11(17)18/h3-5,7H,6H2,1-2H3,(H,15,20)(H,16,19)(H,17,18). The van der Waals surface area contributed by atoms with Crippen LogP contribution in [0.4, 0.5) is 5.69 Å². The first-order valence-corrected chi connectivity index (χ1v) is 6.29. The third-order valence-electron chi connectivity index (χ3n) is 2.40. The highest BCUT2D eigenvalue weighted by molar-refractivity contribution is 6.34. The fourth-order valence-corrected chi connectivity index (χ4v) is 1.52. The van der Waals surface area contributed by atoms with Gasteiger partial charge in [-0.3, -0.25) is 14.4 Å². The molecule has 0 unspecified atom stereocenters. The maximum atomic E-state index is 11.8. The Morgan fingerprint density at radius 3 is 2.50 bits per heavy atom. The Morgan fingerprint density at radius 1 is 1.30 bits per heavy atom. The van der Waals surface area contributed by atoms with Crippen LogP contribution in [0.1, 0.15) is 24.2 Å². The Morgan fingerprint density at radius 2 is 1.95 bits per heavy atom. The third-order valence-corrected chi connectivity index (χ3v) is 2.73. The molecule has 0 spiro atoms. The van der Waals surface area contributed by atoms with E-state index in [0.717, 1.165) is 0 Å². The number of carboxylic acids is 1. The zero-order valence-electron chi connectivity index (χ0n) is 11.1. The van der Waals surface area contributed by atoms with Crippen molar-refractivity contribution in [2.45, 2.75) is 13.8 Å². The van der Waals surface area contributed by atoms with Gasteiger partial charge in [-0.15, -0.1) is 0 Å². The molecule has 0 aliphatic carbocycles. The van der Waals surface area contributed by atoms with Gasteiger partial charge < -0.3 is 15.7 Å². The van der Waals surface area contributed by atoms with E-state index in [1.54, 1.807) is 19.9 Å². The van der Waals surface area contributed by atoms with Gasteiger partial charge in [-0.05, 0) is 18.2 Å². The van der Waals surface area contributed by atoms with Gasteiger partial charge >= 0.3 is 5.97 Å². The third kappa shape index (κ3) is 4.55. The van der Waals surface area contributed by atoms with Crippen molar-refractivity contribution in [2.24, 2.45) is 5.92 Å². The maximum absolute atomic E-state index is 11.8. The highest BCUT2D eigenvalue weighted by Crippen LogP contribution is 2.21. The van der Waals surface area contributed by atoms with Crippen molar-refractivity contribution in [3.8, 4) is 0 Å². The van der Waals surface area contributed by atoms with E-state index in [2.05, 4.69) is 10.6 Å². The van der Waals surface area contributed by atoms with Crippen LogP contribution in [-0.2, 0) is 9.59 Å². The van der Waals surface area contributed by atoms with Crippen LogP contribution in [-0.4, -0.2) is 29.4 Å². The van der Waals surface area contributed by atoms with Crippen LogP contribution < -0.4 is 10.6 Å². The molecule has 1 aromatic carbocycles. The summed E-state index contributed by atoms with van der Waals surface area (Å²) in [7, 11) is 0. The second kappa shape index (κ2) is 6.91. The summed E-state index contributed by atoms with van der Waals surface area (Å²) in [6.45, 7) is 2.98. The number of aliphatic carboxylic acids is 1. The molecule has 0 aliphatic heterocycles. The molecular weight excluding hydrogens is 284 g/mol. The zero-order valence-corrected chi connectivity index (χ0v) is 11.8. The molecule has 0 aliphatic rings. The molecule has 2 amide bonds. The number of halogens is 1. The molecule has 6 nitrogen and oxygen atoms in total. The number of hydrogen-bond donors (Lipinski definition) is 3. The molecule has 1 aromatic rings. The van der Waals surface area contributed by atoms with E-state index in [1.807, 2.05) is 0 Å². The van der Waals surface area contributed by atoms with Gasteiger partial charge in [-0.1, -0.05) is 25.4 Å². The molecule has 0 saturated carbocycles. The molecule has 0 atom stereocenters. The average Bonchev–Trinajstić information content (AvgIpc) is 2.37. The molecule has 0 fully saturated rings. The highest BCUT2D eigenvalue weighted by atomic mass is 35.5. The van der Waals surface area contributed by atoms with E-state index in [0.29, 0.717) is 5.69 Å².